The fourth-order valence-corrected chi connectivity index (χ4v) is 6.84. The minimum atomic E-state index is -0.530. The number of amides is 1. The summed E-state index contributed by atoms with van der Waals surface area (Å²) in [5, 5.41) is 14.2. The van der Waals surface area contributed by atoms with Crippen molar-refractivity contribution in [3.63, 3.8) is 0 Å². The van der Waals surface area contributed by atoms with Gasteiger partial charge in [-0.05, 0) is 104 Å². The van der Waals surface area contributed by atoms with Gasteiger partial charge in [0.25, 0.3) is 0 Å². The first-order valence-electron chi connectivity index (χ1n) is 16.0. The maximum Gasteiger partial charge on any atom is 0.427 e. The van der Waals surface area contributed by atoms with Crippen LogP contribution in [0.5, 0.6) is 0 Å². The van der Waals surface area contributed by atoms with Gasteiger partial charge in [-0.1, -0.05) is 24.8 Å². The van der Waals surface area contributed by atoms with Crippen molar-refractivity contribution < 1.29 is 9.53 Å². The van der Waals surface area contributed by atoms with Crippen molar-refractivity contribution in [3.05, 3.63) is 95.8 Å². The highest BCUT2D eigenvalue weighted by Gasteiger charge is 2.63. The van der Waals surface area contributed by atoms with E-state index >= 15 is 0 Å². The monoisotopic (exact) mass is 626 g/mol. The topological polar surface area (TPSA) is 106 Å². The summed E-state index contributed by atoms with van der Waals surface area (Å²) < 4.78 is 5.61. The molecule has 47 heavy (non-hydrogen) atoms. The molecule has 3 aromatic carbocycles. The Balaban J connectivity index is 1.12. The van der Waals surface area contributed by atoms with Crippen molar-refractivity contribution in [2.75, 3.05) is 30.3 Å². The van der Waals surface area contributed by atoms with Crippen LogP contribution in [0.4, 0.5) is 22.0 Å². The summed E-state index contributed by atoms with van der Waals surface area (Å²) in [6, 6.07) is 19.3. The molecule has 0 bridgehead atoms. The third-order valence-electron chi connectivity index (χ3n) is 9.23. The van der Waals surface area contributed by atoms with Gasteiger partial charge in [-0.15, -0.1) is 5.12 Å². The number of fused-ring (bicyclic) bond motifs is 4. The maximum absolute atomic E-state index is 12.7. The zero-order chi connectivity index (χ0) is 32.6. The molecule has 0 saturated carbocycles. The Bertz CT molecular complexity index is 2080. The first-order valence-corrected chi connectivity index (χ1v) is 16.0. The van der Waals surface area contributed by atoms with Gasteiger partial charge < -0.3 is 15.4 Å². The Morgan fingerprint density at radius 2 is 1.87 bits per heavy atom. The molecule has 0 spiro atoms. The number of nitrogens with two attached hydrogens (primary N) is 1. The first kappa shape index (κ1) is 29.2. The lowest BCUT2D eigenvalue weighted by molar-refractivity contribution is -0.0369. The molecule has 2 fully saturated rings. The number of pyridine rings is 1. The van der Waals surface area contributed by atoms with E-state index < -0.39 is 5.60 Å². The maximum atomic E-state index is 12.7. The quantitative estimate of drug-likeness (QED) is 0.155. The van der Waals surface area contributed by atoms with E-state index in [0.29, 0.717) is 6.54 Å². The largest absolute Gasteiger partial charge is 0.443 e. The molecule has 10 nitrogen and oxygen atoms in total. The van der Waals surface area contributed by atoms with Crippen LogP contribution in [0.1, 0.15) is 43.0 Å². The minimum absolute atomic E-state index is 0.0872. The van der Waals surface area contributed by atoms with Crippen LogP contribution in [0.15, 0.2) is 73.6 Å². The Hall–Kier alpha value is -5.19. The molecule has 1 amide bonds. The van der Waals surface area contributed by atoms with Gasteiger partial charge in [0, 0.05) is 53.6 Å². The van der Waals surface area contributed by atoms with Gasteiger partial charge in [0.15, 0.2) is 6.17 Å². The molecular weight excluding hydrogens is 588 g/mol. The number of anilines is 3. The average molecular weight is 627 g/mol. The zero-order valence-corrected chi connectivity index (χ0v) is 27.1. The van der Waals surface area contributed by atoms with Gasteiger partial charge in [-0.3, -0.25) is 5.10 Å². The van der Waals surface area contributed by atoms with E-state index in [4.69, 9.17) is 15.5 Å². The van der Waals surface area contributed by atoms with Gasteiger partial charge in [0.1, 0.15) is 11.4 Å². The minimum Gasteiger partial charge on any atom is -0.443 e. The van der Waals surface area contributed by atoms with E-state index in [1.165, 1.54) is 22.3 Å². The molecular formula is C37H38N8O2. The van der Waals surface area contributed by atoms with E-state index in [9.17, 15) is 4.79 Å². The second-order valence-electron chi connectivity index (χ2n) is 13.6. The van der Waals surface area contributed by atoms with Crippen molar-refractivity contribution in [1.82, 2.24) is 30.3 Å². The Kier molecular flexibility index (Phi) is 6.64. The van der Waals surface area contributed by atoms with Crippen molar-refractivity contribution in [2.45, 2.75) is 45.9 Å². The standard InChI is InChI=1S/C37H38N8O2/c1-6-23-14-25(7-9-31(23)38)30-18-26-16-27-17-28(24-8-10-32-29(15-24)20-40-41-32)19-39-35(27)43(33(26)13-22(30)2)12-11-42-21-34-44(45(34)42)36(46)47-37(3,4)5/h6-10,13-15,17-20,34H,1,11-12,16,21,38H2,2-5H3,(H,40,41)/t34-,44?,45?/m0/s1. The number of hydrogen-bond acceptors (Lipinski definition) is 8. The number of nitrogens with zero attached hydrogens (tertiary/aromatic N) is 6. The number of carbonyl (C=O) groups is 1. The lowest BCUT2D eigenvalue weighted by Gasteiger charge is -2.36. The number of hydrazine groups is 2. The molecule has 1 unspecified atom stereocenters. The number of nitrogens with one attached hydrogen (secondary N) is 1. The van der Waals surface area contributed by atoms with Crippen LogP contribution in [0.3, 0.4) is 0 Å². The molecule has 2 aromatic heterocycles. The summed E-state index contributed by atoms with van der Waals surface area (Å²) in [5.74, 6) is 0.964. The highest BCUT2D eigenvalue weighted by atomic mass is 16.6. The van der Waals surface area contributed by atoms with Crippen LogP contribution >= 0.6 is 0 Å². The molecule has 10 heteroatoms. The lowest BCUT2D eigenvalue weighted by Crippen LogP contribution is -2.48. The summed E-state index contributed by atoms with van der Waals surface area (Å²) >= 11 is 0. The highest BCUT2D eigenvalue weighted by molar-refractivity contribution is 5.85. The SMILES string of the molecule is C=Cc1cc(-c2cc3c(cc2C)N(CCN2C[C@H]4N(C(=O)OC(C)(C)C)N42)c2ncc(-c4ccc5[nH]ncc5c4)cc2C3)ccc1N. The lowest BCUT2D eigenvalue weighted by atomic mass is 9.89. The average Bonchev–Trinajstić information content (AvgIpc) is 3.37. The van der Waals surface area contributed by atoms with E-state index in [1.54, 1.807) is 11.1 Å². The fraction of sp³-hybridized carbons (Fsp3) is 0.270. The van der Waals surface area contributed by atoms with E-state index in [-0.39, 0.29) is 12.3 Å². The molecule has 5 aromatic rings. The number of H-pyrrole nitrogens is 1. The summed E-state index contributed by atoms with van der Waals surface area (Å²) in [4.78, 5) is 20.1. The summed E-state index contributed by atoms with van der Waals surface area (Å²) in [6.45, 7) is 14.0. The predicted molar refractivity (Wildman–Crippen MR) is 186 cm³/mol. The van der Waals surface area contributed by atoms with Crippen LogP contribution in [0, 0.1) is 6.92 Å². The third kappa shape index (κ3) is 5.10. The van der Waals surface area contributed by atoms with E-state index in [0.717, 1.165) is 69.9 Å². The third-order valence-corrected chi connectivity index (χ3v) is 9.23. The van der Waals surface area contributed by atoms with Crippen molar-refractivity contribution >= 4 is 40.3 Å². The number of carbonyl (C=O) groups excluding carboxylic acids is 1. The molecule has 2 atom stereocenters. The molecule has 238 valence electrons. The van der Waals surface area contributed by atoms with Gasteiger partial charge >= 0.3 is 6.09 Å². The molecule has 3 N–H and O–H groups in total. The smallest absolute Gasteiger partial charge is 0.427 e. The molecule has 5 heterocycles. The predicted octanol–water partition coefficient (Wildman–Crippen LogP) is 6.89. The van der Waals surface area contributed by atoms with Crippen LogP contribution in [0.25, 0.3) is 39.2 Å². The second kappa shape index (κ2) is 10.7. The molecule has 0 radical (unpaired) electrons. The van der Waals surface area contributed by atoms with E-state index in [2.05, 4.69) is 82.1 Å². The molecule has 3 aliphatic rings. The normalized spacial score (nSPS) is 18.3. The van der Waals surface area contributed by atoms with Crippen LogP contribution in [-0.4, -0.2) is 67.8 Å². The number of aromatic nitrogens is 3. The van der Waals surface area contributed by atoms with Gasteiger partial charge in [-0.25, -0.2) is 19.8 Å². The Labute approximate surface area is 274 Å². The Morgan fingerprint density at radius 3 is 2.68 bits per heavy atom. The number of benzene rings is 3. The number of aryl methyl sites for hydroxylation is 1. The zero-order valence-electron chi connectivity index (χ0n) is 27.1. The van der Waals surface area contributed by atoms with Crippen LogP contribution in [0.2, 0.25) is 0 Å². The van der Waals surface area contributed by atoms with E-state index in [1.807, 2.05) is 44.3 Å². The number of aromatic amines is 1. The van der Waals surface area contributed by atoms with Crippen molar-refractivity contribution in [1.29, 1.82) is 0 Å². The van der Waals surface area contributed by atoms with Crippen LogP contribution in [-0.2, 0) is 11.2 Å². The van der Waals surface area contributed by atoms with Crippen molar-refractivity contribution in [3.8, 4) is 22.3 Å². The molecule has 2 saturated heterocycles. The van der Waals surface area contributed by atoms with Crippen molar-refractivity contribution in [2.24, 2.45) is 0 Å². The molecule has 3 aliphatic heterocycles. The van der Waals surface area contributed by atoms with Gasteiger partial charge in [-0.2, -0.15) is 5.10 Å². The fourth-order valence-electron chi connectivity index (χ4n) is 6.84. The van der Waals surface area contributed by atoms with Crippen LogP contribution < -0.4 is 10.6 Å². The van der Waals surface area contributed by atoms with Gasteiger partial charge in [0.05, 0.1) is 18.3 Å². The molecule has 0 aliphatic carbocycles. The summed E-state index contributed by atoms with van der Waals surface area (Å²) in [7, 11) is 0. The highest BCUT2D eigenvalue weighted by Crippen LogP contribution is 2.44. The first-order chi connectivity index (χ1) is 22.6. The summed E-state index contributed by atoms with van der Waals surface area (Å²) in [5.41, 5.74) is 17.5. The number of ether oxygens (including phenoxy) is 1. The number of rotatable bonds is 6. The summed E-state index contributed by atoms with van der Waals surface area (Å²) in [6.07, 6.45) is 6.17. The second-order valence-corrected chi connectivity index (χ2v) is 13.6. The number of nitrogen functional groups attached to an aromatic ring is 1. The van der Waals surface area contributed by atoms with Gasteiger partial charge in [0.2, 0.25) is 0 Å². The number of hydrogen-bond donors (Lipinski definition) is 2. The Morgan fingerprint density at radius 1 is 1.04 bits per heavy atom. The molecule has 8 rings (SSSR count).